The molecule has 106 valence electrons. The van der Waals surface area contributed by atoms with E-state index in [1.165, 1.54) is 12.8 Å². The van der Waals surface area contributed by atoms with Crippen LogP contribution in [0.5, 0.6) is 0 Å². The molecule has 19 heavy (non-hydrogen) atoms. The third-order valence-corrected chi connectivity index (χ3v) is 3.43. The van der Waals surface area contributed by atoms with Crippen molar-refractivity contribution in [1.29, 1.82) is 0 Å². The molecule has 3 N–H and O–H groups in total. The number of aliphatic hydroxyl groups excluding tert-OH is 1. The van der Waals surface area contributed by atoms with Gasteiger partial charge in [0.15, 0.2) is 0 Å². The van der Waals surface area contributed by atoms with Crippen molar-refractivity contribution in [2.75, 3.05) is 24.2 Å². The van der Waals surface area contributed by atoms with Crippen LogP contribution in [0.15, 0.2) is 0 Å². The largest absolute Gasteiger partial charge is 0.393 e. The van der Waals surface area contributed by atoms with Gasteiger partial charge in [-0.3, -0.25) is 0 Å². The Labute approximate surface area is 114 Å². The first kappa shape index (κ1) is 14.1. The van der Waals surface area contributed by atoms with Crippen molar-refractivity contribution in [2.24, 2.45) is 0 Å². The highest BCUT2D eigenvalue weighted by molar-refractivity contribution is 5.57. The molecule has 0 saturated heterocycles. The minimum atomic E-state index is -0.233. The fraction of sp³-hybridized carbons (Fsp3) is 0.714. The zero-order valence-electron chi connectivity index (χ0n) is 12.0. The Hall–Kier alpha value is -1.36. The van der Waals surface area contributed by atoms with Crippen molar-refractivity contribution in [3.63, 3.8) is 0 Å². The lowest BCUT2D eigenvalue weighted by atomic mass is 10.2. The molecule has 0 spiro atoms. The molecule has 0 bridgehead atoms. The number of aliphatic hydroxyl groups is 1. The number of nitrogens with one attached hydrogen (secondary N) is 2. The maximum Gasteiger partial charge on any atom is 0.136 e. The van der Waals surface area contributed by atoms with E-state index in [9.17, 15) is 5.11 Å². The monoisotopic (exact) mass is 264 g/mol. The van der Waals surface area contributed by atoms with Gasteiger partial charge in [-0.15, -0.1) is 0 Å². The van der Waals surface area contributed by atoms with E-state index >= 15 is 0 Å². The van der Waals surface area contributed by atoms with E-state index in [-0.39, 0.29) is 6.10 Å². The van der Waals surface area contributed by atoms with Gasteiger partial charge >= 0.3 is 0 Å². The molecule has 0 aromatic carbocycles. The summed E-state index contributed by atoms with van der Waals surface area (Å²) in [7, 11) is 1.89. The Kier molecular flexibility index (Phi) is 4.58. The van der Waals surface area contributed by atoms with E-state index in [1.807, 2.05) is 20.9 Å². The molecule has 0 radical (unpaired) electrons. The molecule has 1 aromatic heterocycles. The van der Waals surface area contributed by atoms with E-state index in [0.717, 1.165) is 42.4 Å². The van der Waals surface area contributed by atoms with E-state index in [4.69, 9.17) is 0 Å². The minimum Gasteiger partial charge on any atom is -0.393 e. The third kappa shape index (κ3) is 3.80. The molecule has 5 nitrogen and oxygen atoms in total. The molecule has 1 fully saturated rings. The molecule has 0 aliphatic heterocycles. The van der Waals surface area contributed by atoms with Crippen LogP contribution in [0.25, 0.3) is 0 Å². The van der Waals surface area contributed by atoms with Crippen LogP contribution in [-0.2, 0) is 0 Å². The van der Waals surface area contributed by atoms with Gasteiger partial charge in [-0.1, -0.05) is 0 Å². The topological polar surface area (TPSA) is 70.1 Å². The highest BCUT2D eigenvalue weighted by atomic mass is 16.3. The summed E-state index contributed by atoms with van der Waals surface area (Å²) >= 11 is 0. The number of nitrogens with zero attached hydrogens (tertiary/aromatic N) is 2. The van der Waals surface area contributed by atoms with Gasteiger partial charge in [0.1, 0.15) is 17.5 Å². The van der Waals surface area contributed by atoms with Crippen LogP contribution in [0.4, 0.5) is 11.6 Å². The normalized spacial score (nSPS) is 16.2. The number of hydrogen-bond acceptors (Lipinski definition) is 5. The lowest BCUT2D eigenvalue weighted by Crippen LogP contribution is -2.11. The summed E-state index contributed by atoms with van der Waals surface area (Å²) in [6.45, 7) is 4.68. The zero-order chi connectivity index (χ0) is 13.8. The molecular weight excluding hydrogens is 240 g/mol. The van der Waals surface area contributed by atoms with Gasteiger partial charge in [-0.25, -0.2) is 9.97 Å². The second-order valence-electron chi connectivity index (χ2n) is 5.35. The minimum absolute atomic E-state index is 0.233. The Morgan fingerprint density at radius 3 is 2.58 bits per heavy atom. The lowest BCUT2D eigenvalue weighted by Gasteiger charge is -2.14. The fourth-order valence-corrected chi connectivity index (χ4v) is 2.08. The Morgan fingerprint density at radius 1 is 1.32 bits per heavy atom. The first-order valence-electron chi connectivity index (χ1n) is 7.10. The molecule has 1 heterocycles. The summed E-state index contributed by atoms with van der Waals surface area (Å²) in [6.07, 6.45) is 3.92. The van der Waals surface area contributed by atoms with E-state index < -0.39 is 0 Å². The molecule has 1 aromatic rings. The molecular formula is C14H24N4O. The summed E-state index contributed by atoms with van der Waals surface area (Å²) in [5.74, 6) is 3.33. The summed E-state index contributed by atoms with van der Waals surface area (Å²) in [5.41, 5.74) is 1.06. The van der Waals surface area contributed by atoms with Crippen molar-refractivity contribution in [3.8, 4) is 0 Å². The quantitative estimate of drug-likeness (QED) is 0.659. The predicted molar refractivity (Wildman–Crippen MR) is 77.7 cm³/mol. The van der Waals surface area contributed by atoms with Crippen LogP contribution < -0.4 is 10.6 Å². The van der Waals surface area contributed by atoms with Gasteiger partial charge in [-0.05, 0) is 39.5 Å². The highest BCUT2D eigenvalue weighted by Crippen LogP contribution is 2.39. The van der Waals surface area contributed by atoms with Gasteiger partial charge < -0.3 is 15.7 Å². The van der Waals surface area contributed by atoms with Crippen molar-refractivity contribution in [3.05, 3.63) is 11.4 Å². The summed E-state index contributed by atoms with van der Waals surface area (Å²) in [5, 5.41) is 15.7. The first-order chi connectivity index (χ1) is 9.11. The molecule has 1 saturated carbocycles. The standard InChI is InChI=1S/C14H24N4O/c1-9(19)5-4-8-16-13-10(2)12(15-3)17-14(18-13)11-6-7-11/h9,11,19H,4-8H2,1-3H3,(H2,15,16,17,18). The average molecular weight is 264 g/mol. The van der Waals surface area contributed by atoms with Crippen LogP contribution in [0.2, 0.25) is 0 Å². The van der Waals surface area contributed by atoms with Crippen molar-refractivity contribution >= 4 is 11.6 Å². The van der Waals surface area contributed by atoms with Gasteiger partial charge in [0.25, 0.3) is 0 Å². The SMILES string of the molecule is CNc1nc(C2CC2)nc(NCCCC(C)O)c1C. The molecule has 1 unspecified atom stereocenters. The molecule has 1 atom stereocenters. The second kappa shape index (κ2) is 6.19. The average Bonchev–Trinajstić information content (AvgIpc) is 3.20. The van der Waals surface area contributed by atoms with Crippen LogP contribution in [0, 0.1) is 6.92 Å². The fourth-order valence-electron chi connectivity index (χ4n) is 2.08. The van der Waals surface area contributed by atoms with Gasteiger partial charge in [0, 0.05) is 25.1 Å². The molecule has 1 aliphatic carbocycles. The number of hydrogen-bond donors (Lipinski definition) is 3. The van der Waals surface area contributed by atoms with Crippen molar-refractivity contribution in [1.82, 2.24) is 9.97 Å². The Morgan fingerprint density at radius 2 is 2.00 bits per heavy atom. The highest BCUT2D eigenvalue weighted by Gasteiger charge is 2.28. The van der Waals surface area contributed by atoms with Crippen LogP contribution in [-0.4, -0.2) is 34.8 Å². The van der Waals surface area contributed by atoms with Gasteiger partial charge in [0.2, 0.25) is 0 Å². The predicted octanol–water partition coefficient (Wildman–Crippen LogP) is 2.28. The maximum atomic E-state index is 9.25. The van der Waals surface area contributed by atoms with Crippen LogP contribution in [0.1, 0.15) is 49.9 Å². The molecule has 0 amide bonds. The number of aromatic nitrogens is 2. The zero-order valence-corrected chi connectivity index (χ0v) is 12.0. The van der Waals surface area contributed by atoms with E-state index in [0.29, 0.717) is 5.92 Å². The van der Waals surface area contributed by atoms with Crippen LogP contribution >= 0.6 is 0 Å². The van der Waals surface area contributed by atoms with Crippen molar-refractivity contribution < 1.29 is 5.11 Å². The number of rotatable bonds is 7. The Bertz CT molecular complexity index is 430. The van der Waals surface area contributed by atoms with E-state index in [2.05, 4.69) is 20.6 Å². The van der Waals surface area contributed by atoms with Crippen molar-refractivity contribution in [2.45, 2.75) is 51.6 Å². The maximum absolute atomic E-state index is 9.25. The van der Waals surface area contributed by atoms with Gasteiger partial charge in [-0.2, -0.15) is 0 Å². The summed E-state index contributed by atoms with van der Waals surface area (Å²) in [6, 6.07) is 0. The second-order valence-corrected chi connectivity index (χ2v) is 5.35. The summed E-state index contributed by atoms with van der Waals surface area (Å²) in [4.78, 5) is 9.20. The van der Waals surface area contributed by atoms with E-state index in [1.54, 1.807) is 0 Å². The third-order valence-electron chi connectivity index (χ3n) is 3.43. The van der Waals surface area contributed by atoms with Gasteiger partial charge in [0.05, 0.1) is 6.10 Å². The first-order valence-corrected chi connectivity index (χ1v) is 7.10. The summed E-state index contributed by atoms with van der Waals surface area (Å²) < 4.78 is 0. The smallest absolute Gasteiger partial charge is 0.136 e. The molecule has 5 heteroatoms. The Balaban J connectivity index is 2.03. The lowest BCUT2D eigenvalue weighted by molar-refractivity contribution is 0.183. The number of anilines is 2. The molecule has 2 rings (SSSR count). The molecule has 1 aliphatic rings. The van der Waals surface area contributed by atoms with Crippen LogP contribution in [0.3, 0.4) is 0 Å².